The van der Waals surface area contributed by atoms with Gasteiger partial charge in [0.1, 0.15) is 0 Å². The van der Waals surface area contributed by atoms with Crippen molar-refractivity contribution in [1.29, 1.82) is 0 Å². The Labute approximate surface area is 149 Å². The summed E-state index contributed by atoms with van der Waals surface area (Å²) in [7, 11) is 4.42. The molecule has 0 aliphatic rings. The van der Waals surface area contributed by atoms with Gasteiger partial charge in [0.25, 0.3) is 0 Å². The van der Waals surface area contributed by atoms with E-state index in [0.29, 0.717) is 0 Å². The van der Waals surface area contributed by atoms with E-state index < -0.39 is 5.61 Å². The molecule has 2 rings (SSSR count). The van der Waals surface area contributed by atoms with Gasteiger partial charge in [-0.3, -0.25) is 0 Å². The molecule has 0 amide bonds. The molecular weight excluding hydrogens is 367 g/mol. The molecule has 0 unspecified atom stereocenters. The first-order valence-electron chi connectivity index (χ1n) is 8.22. The van der Waals surface area contributed by atoms with Crippen LogP contribution < -0.4 is 5.30 Å². The minimum atomic E-state index is -2.64. The van der Waals surface area contributed by atoms with Gasteiger partial charge in [-0.2, -0.15) is 0 Å². The predicted octanol–water partition coefficient (Wildman–Crippen LogP) is 5.11. The Morgan fingerprint density at radius 3 is 1.74 bits per heavy atom. The Bertz CT molecular complexity index is 616. The molecular formula is C19H28BrN2P. The third-order valence-electron chi connectivity index (χ3n) is 4.69. The number of benzene rings is 2. The first-order chi connectivity index (χ1) is 11.0. The van der Waals surface area contributed by atoms with E-state index >= 15 is 0 Å². The molecule has 0 spiro atoms. The number of rotatable bonds is 7. The van der Waals surface area contributed by atoms with Crippen LogP contribution in [-0.2, 0) is 6.16 Å². The number of hydrogen-bond acceptors (Lipinski definition) is 2. The summed E-state index contributed by atoms with van der Waals surface area (Å²) >= 11 is 4.37. The number of halogens is 1. The third-order valence-corrected chi connectivity index (χ3v) is 15.5. The zero-order chi connectivity index (χ0) is 16.9. The molecule has 4 heteroatoms. The molecule has 23 heavy (non-hydrogen) atoms. The summed E-state index contributed by atoms with van der Waals surface area (Å²) in [5, 5.41) is 1.39. The van der Waals surface area contributed by atoms with Crippen LogP contribution in [0.4, 0.5) is 0 Å². The molecule has 0 saturated heterocycles. The molecule has 0 aliphatic carbocycles. The number of nitrogens with zero attached hydrogens (tertiary/aromatic N) is 2. The van der Waals surface area contributed by atoms with E-state index in [1.807, 2.05) is 0 Å². The van der Waals surface area contributed by atoms with Crippen molar-refractivity contribution >= 4 is 26.4 Å². The summed E-state index contributed by atoms with van der Waals surface area (Å²) in [6.45, 7) is 6.53. The van der Waals surface area contributed by atoms with Crippen LogP contribution in [-0.4, -0.2) is 36.5 Å². The maximum atomic E-state index is 4.37. The minimum absolute atomic E-state index is 0.991. The van der Waals surface area contributed by atoms with Gasteiger partial charge in [0.2, 0.25) is 0 Å². The molecule has 0 aromatic heterocycles. The van der Waals surface area contributed by atoms with Crippen molar-refractivity contribution in [3.8, 4) is 0 Å². The van der Waals surface area contributed by atoms with E-state index in [9.17, 15) is 0 Å². The average molecular weight is 395 g/mol. The summed E-state index contributed by atoms with van der Waals surface area (Å²) < 4.78 is 5.05. The number of hydrogen-bond donors (Lipinski definition) is 0. The fraction of sp³-hybridized carbons (Fsp3) is 0.368. The average Bonchev–Trinajstić information content (AvgIpc) is 2.57. The van der Waals surface area contributed by atoms with Crippen LogP contribution in [0.15, 0.2) is 60.7 Å². The second-order valence-corrected chi connectivity index (χ2v) is 14.9. The van der Waals surface area contributed by atoms with Crippen molar-refractivity contribution in [3.05, 3.63) is 66.2 Å². The summed E-state index contributed by atoms with van der Waals surface area (Å²) in [4.78, 5) is 0. The second-order valence-electron chi connectivity index (χ2n) is 6.05. The standard InChI is InChI=1S/C19H28BrN2P/c1-5-22(6-2)23(20,21(3)4,19-15-11-8-12-16-19)17-18-13-9-7-10-14-18/h7-16H,5-6,17H2,1-4H3. The Balaban J connectivity index is 2.70. The monoisotopic (exact) mass is 394 g/mol. The van der Waals surface area contributed by atoms with Crippen LogP contribution in [0.1, 0.15) is 19.4 Å². The molecule has 0 fully saturated rings. The molecule has 126 valence electrons. The molecule has 0 aliphatic heterocycles. The Kier molecular flexibility index (Phi) is 6.02. The van der Waals surface area contributed by atoms with Gasteiger partial charge in [-0.25, -0.2) is 0 Å². The Morgan fingerprint density at radius 2 is 1.30 bits per heavy atom. The predicted molar refractivity (Wildman–Crippen MR) is 109 cm³/mol. The van der Waals surface area contributed by atoms with Gasteiger partial charge in [0.15, 0.2) is 0 Å². The van der Waals surface area contributed by atoms with Crippen LogP contribution in [0.5, 0.6) is 0 Å². The molecule has 0 bridgehead atoms. The van der Waals surface area contributed by atoms with Crippen molar-refractivity contribution in [1.82, 2.24) is 9.34 Å². The van der Waals surface area contributed by atoms with Crippen molar-refractivity contribution < 1.29 is 0 Å². The zero-order valence-corrected chi connectivity index (χ0v) is 17.1. The molecule has 0 heterocycles. The topological polar surface area (TPSA) is 6.48 Å². The van der Waals surface area contributed by atoms with Gasteiger partial charge < -0.3 is 0 Å². The first kappa shape index (κ1) is 18.6. The van der Waals surface area contributed by atoms with Gasteiger partial charge >= 0.3 is 149 Å². The summed E-state index contributed by atoms with van der Waals surface area (Å²) in [6, 6.07) is 21.8. The van der Waals surface area contributed by atoms with Crippen molar-refractivity contribution in [2.45, 2.75) is 20.0 Å². The van der Waals surface area contributed by atoms with Gasteiger partial charge in [-0.05, 0) is 0 Å². The molecule has 2 aromatic rings. The summed E-state index contributed by atoms with van der Waals surface area (Å²) in [5.41, 5.74) is -1.28. The van der Waals surface area contributed by atoms with E-state index in [1.54, 1.807) is 0 Å². The van der Waals surface area contributed by atoms with Gasteiger partial charge in [-0.1, -0.05) is 0 Å². The Morgan fingerprint density at radius 1 is 0.826 bits per heavy atom. The Hall–Kier alpha value is -0.730. The van der Waals surface area contributed by atoms with Crippen molar-refractivity contribution in [2.75, 3.05) is 27.2 Å². The molecule has 0 atom stereocenters. The van der Waals surface area contributed by atoms with Crippen LogP contribution in [0.25, 0.3) is 0 Å². The van der Waals surface area contributed by atoms with E-state index in [4.69, 9.17) is 0 Å². The molecule has 0 radical (unpaired) electrons. The molecule has 2 nitrogen and oxygen atoms in total. The summed E-state index contributed by atoms with van der Waals surface area (Å²) in [6.07, 6.45) is 0.991. The van der Waals surface area contributed by atoms with E-state index in [0.717, 1.165) is 19.3 Å². The van der Waals surface area contributed by atoms with Gasteiger partial charge in [-0.15, -0.1) is 0 Å². The van der Waals surface area contributed by atoms with Crippen LogP contribution in [0.3, 0.4) is 0 Å². The molecule has 2 aromatic carbocycles. The fourth-order valence-electron chi connectivity index (χ4n) is 3.41. The van der Waals surface area contributed by atoms with Gasteiger partial charge in [0, 0.05) is 0 Å². The first-order valence-corrected chi connectivity index (χ1v) is 12.6. The van der Waals surface area contributed by atoms with Crippen molar-refractivity contribution in [3.63, 3.8) is 0 Å². The van der Waals surface area contributed by atoms with E-state index in [-0.39, 0.29) is 0 Å². The normalized spacial score (nSPS) is 14.0. The summed E-state index contributed by atoms with van der Waals surface area (Å²) in [5.74, 6) is 0. The van der Waals surface area contributed by atoms with Crippen LogP contribution >= 0.6 is 21.1 Å². The van der Waals surface area contributed by atoms with Gasteiger partial charge in [0.05, 0.1) is 0 Å². The third kappa shape index (κ3) is 3.25. The van der Waals surface area contributed by atoms with Crippen LogP contribution in [0.2, 0.25) is 0 Å². The zero-order valence-electron chi connectivity index (χ0n) is 14.6. The fourth-order valence-corrected chi connectivity index (χ4v) is 11.1. The molecule has 0 N–H and O–H groups in total. The van der Waals surface area contributed by atoms with Crippen molar-refractivity contribution in [2.24, 2.45) is 0 Å². The second kappa shape index (κ2) is 7.44. The van der Waals surface area contributed by atoms with E-state index in [2.05, 4.69) is 113 Å². The van der Waals surface area contributed by atoms with E-state index in [1.165, 1.54) is 10.9 Å². The molecule has 0 saturated carbocycles. The van der Waals surface area contributed by atoms with Crippen LogP contribution in [0, 0.1) is 0 Å². The quantitative estimate of drug-likeness (QED) is 0.602. The SMILES string of the molecule is CCN(CC)P(Br)(Cc1ccccc1)(c1ccccc1)N(C)C. The maximum absolute atomic E-state index is 4.37.